The van der Waals surface area contributed by atoms with Crippen molar-refractivity contribution in [2.75, 3.05) is 12.4 Å². The summed E-state index contributed by atoms with van der Waals surface area (Å²) in [7, 11) is 1.31. The Morgan fingerprint density at radius 2 is 2.09 bits per heavy atom. The summed E-state index contributed by atoms with van der Waals surface area (Å²) in [5.74, 6) is 0.141. The third-order valence-electron chi connectivity index (χ3n) is 3.30. The summed E-state index contributed by atoms with van der Waals surface area (Å²) < 4.78 is 4.62. The van der Waals surface area contributed by atoms with Crippen LogP contribution in [-0.4, -0.2) is 23.0 Å². The SMILES string of the molecule is [C-]#[N+]c1ccc2ccnc(Nc3ccc(C(=O)OC)nc3)c2c1. The largest absolute Gasteiger partial charge is 0.464 e. The molecule has 3 aromatic rings. The lowest BCUT2D eigenvalue weighted by Gasteiger charge is -2.09. The summed E-state index contributed by atoms with van der Waals surface area (Å²) >= 11 is 0. The normalized spacial score (nSPS) is 10.1. The van der Waals surface area contributed by atoms with Crippen molar-refractivity contribution < 1.29 is 9.53 Å². The summed E-state index contributed by atoms with van der Waals surface area (Å²) in [4.78, 5) is 23.2. The number of pyridine rings is 2. The molecule has 0 saturated carbocycles. The van der Waals surface area contributed by atoms with Gasteiger partial charge in [-0.1, -0.05) is 12.1 Å². The molecule has 0 atom stereocenters. The highest BCUT2D eigenvalue weighted by molar-refractivity contribution is 5.95. The van der Waals surface area contributed by atoms with Crippen molar-refractivity contribution in [1.29, 1.82) is 0 Å². The maximum atomic E-state index is 11.4. The van der Waals surface area contributed by atoms with E-state index in [0.717, 1.165) is 10.8 Å². The Hall–Kier alpha value is -3.46. The van der Waals surface area contributed by atoms with E-state index in [-0.39, 0.29) is 5.69 Å². The molecular weight excluding hydrogens is 292 g/mol. The number of carbonyl (C=O) groups excluding carboxylic acids is 1. The smallest absolute Gasteiger partial charge is 0.356 e. The third kappa shape index (κ3) is 2.94. The molecule has 6 nitrogen and oxygen atoms in total. The Balaban J connectivity index is 1.95. The first kappa shape index (κ1) is 14.5. The number of benzene rings is 1. The second-order valence-corrected chi connectivity index (χ2v) is 4.73. The predicted molar refractivity (Wildman–Crippen MR) is 86.9 cm³/mol. The van der Waals surface area contributed by atoms with Crippen LogP contribution in [0.2, 0.25) is 0 Å². The highest BCUT2D eigenvalue weighted by atomic mass is 16.5. The standard InChI is InChI=1S/C17H12N4O2/c1-18-12-4-3-11-7-8-19-16(14(11)9-12)21-13-5-6-15(20-10-13)17(22)23-2/h3-10H,2H3,(H,19,21). The van der Waals surface area contributed by atoms with Gasteiger partial charge in [0, 0.05) is 11.6 Å². The molecule has 23 heavy (non-hydrogen) atoms. The van der Waals surface area contributed by atoms with Crippen LogP contribution in [0, 0.1) is 6.57 Å². The molecule has 0 spiro atoms. The fourth-order valence-electron chi connectivity index (χ4n) is 2.16. The zero-order valence-electron chi connectivity index (χ0n) is 12.3. The zero-order chi connectivity index (χ0) is 16.2. The van der Waals surface area contributed by atoms with Crippen molar-refractivity contribution in [3.05, 3.63) is 65.9 Å². The van der Waals surface area contributed by atoms with Gasteiger partial charge in [-0.15, -0.1) is 0 Å². The maximum absolute atomic E-state index is 11.4. The number of aromatic nitrogens is 2. The van der Waals surface area contributed by atoms with Crippen LogP contribution >= 0.6 is 0 Å². The number of fused-ring (bicyclic) bond motifs is 1. The van der Waals surface area contributed by atoms with E-state index in [1.807, 2.05) is 12.1 Å². The highest BCUT2D eigenvalue weighted by Crippen LogP contribution is 2.27. The fraction of sp³-hybridized carbons (Fsp3) is 0.0588. The first-order chi connectivity index (χ1) is 11.2. The molecule has 1 N–H and O–H groups in total. The van der Waals surface area contributed by atoms with Gasteiger partial charge in [0.1, 0.15) is 11.5 Å². The molecule has 0 aliphatic rings. The number of methoxy groups -OCH3 is 1. The van der Waals surface area contributed by atoms with E-state index >= 15 is 0 Å². The van der Waals surface area contributed by atoms with Crippen LogP contribution < -0.4 is 5.32 Å². The molecular formula is C17H12N4O2. The summed E-state index contributed by atoms with van der Waals surface area (Å²) in [6.07, 6.45) is 3.23. The number of nitrogens with one attached hydrogen (secondary N) is 1. The molecule has 0 amide bonds. The van der Waals surface area contributed by atoms with Crippen molar-refractivity contribution in [3.63, 3.8) is 0 Å². The molecule has 2 aromatic heterocycles. The van der Waals surface area contributed by atoms with Crippen molar-refractivity contribution in [3.8, 4) is 0 Å². The van der Waals surface area contributed by atoms with Crippen molar-refractivity contribution in [2.24, 2.45) is 0 Å². The molecule has 0 aliphatic carbocycles. The second kappa shape index (κ2) is 6.12. The number of carbonyl (C=O) groups is 1. The lowest BCUT2D eigenvalue weighted by atomic mass is 10.1. The Labute approximate surface area is 132 Å². The van der Waals surface area contributed by atoms with Gasteiger partial charge in [0.25, 0.3) is 0 Å². The van der Waals surface area contributed by atoms with Gasteiger partial charge in [-0.3, -0.25) is 0 Å². The van der Waals surface area contributed by atoms with Gasteiger partial charge >= 0.3 is 5.97 Å². The molecule has 0 radical (unpaired) electrons. The van der Waals surface area contributed by atoms with Gasteiger partial charge in [0.15, 0.2) is 5.69 Å². The van der Waals surface area contributed by atoms with E-state index in [0.29, 0.717) is 17.2 Å². The van der Waals surface area contributed by atoms with Gasteiger partial charge in [-0.25, -0.2) is 19.6 Å². The molecule has 0 bridgehead atoms. The van der Waals surface area contributed by atoms with Crippen LogP contribution in [0.3, 0.4) is 0 Å². The Morgan fingerprint density at radius 1 is 1.22 bits per heavy atom. The minimum absolute atomic E-state index is 0.235. The van der Waals surface area contributed by atoms with Crippen LogP contribution in [-0.2, 0) is 4.74 Å². The van der Waals surface area contributed by atoms with E-state index in [1.54, 1.807) is 30.5 Å². The molecule has 2 heterocycles. The van der Waals surface area contributed by atoms with Gasteiger partial charge in [-0.05, 0) is 29.7 Å². The summed E-state index contributed by atoms with van der Waals surface area (Å²) in [6, 6.07) is 10.6. The van der Waals surface area contributed by atoms with E-state index in [4.69, 9.17) is 6.57 Å². The molecule has 0 aliphatic heterocycles. The van der Waals surface area contributed by atoms with Gasteiger partial charge in [0.2, 0.25) is 0 Å². The average molecular weight is 304 g/mol. The number of ether oxygens (including phenoxy) is 1. The van der Waals surface area contributed by atoms with Gasteiger partial charge in [-0.2, -0.15) is 0 Å². The number of esters is 1. The Bertz CT molecular complexity index is 914. The average Bonchev–Trinajstić information content (AvgIpc) is 2.61. The first-order valence-electron chi connectivity index (χ1n) is 6.79. The minimum Gasteiger partial charge on any atom is -0.464 e. The molecule has 112 valence electrons. The Morgan fingerprint density at radius 3 is 2.78 bits per heavy atom. The van der Waals surface area contributed by atoms with E-state index < -0.39 is 5.97 Å². The summed E-state index contributed by atoms with van der Waals surface area (Å²) in [5, 5.41) is 4.98. The molecule has 3 rings (SSSR count). The number of anilines is 2. The van der Waals surface area contributed by atoms with Crippen molar-refractivity contribution >= 4 is 33.9 Å². The van der Waals surface area contributed by atoms with Crippen LogP contribution in [0.25, 0.3) is 15.6 Å². The van der Waals surface area contributed by atoms with Gasteiger partial charge in [0.05, 0.1) is 25.6 Å². The topological polar surface area (TPSA) is 68.5 Å². The highest BCUT2D eigenvalue weighted by Gasteiger charge is 2.08. The minimum atomic E-state index is -0.485. The van der Waals surface area contributed by atoms with Crippen molar-refractivity contribution in [2.45, 2.75) is 0 Å². The summed E-state index contributed by atoms with van der Waals surface area (Å²) in [6.45, 7) is 7.12. The van der Waals surface area contributed by atoms with Gasteiger partial charge < -0.3 is 10.1 Å². The zero-order valence-corrected chi connectivity index (χ0v) is 12.3. The van der Waals surface area contributed by atoms with E-state index in [2.05, 4.69) is 24.9 Å². The van der Waals surface area contributed by atoms with Crippen LogP contribution in [0.5, 0.6) is 0 Å². The molecule has 1 aromatic carbocycles. The molecule has 0 fully saturated rings. The summed E-state index contributed by atoms with van der Waals surface area (Å²) in [5.41, 5.74) is 1.47. The molecule has 0 saturated heterocycles. The maximum Gasteiger partial charge on any atom is 0.356 e. The number of hydrogen-bond acceptors (Lipinski definition) is 5. The fourth-order valence-corrected chi connectivity index (χ4v) is 2.16. The van der Waals surface area contributed by atoms with E-state index in [1.165, 1.54) is 13.3 Å². The third-order valence-corrected chi connectivity index (χ3v) is 3.30. The second-order valence-electron chi connectivity index (χ2n) is 4.73. The molecule has 6 heteroatoms. The molecule has 0 unspecified atom stereocenters. The lowest BCUT2D eigenvalue weighted by molar-refractivity contribution is 0.0594. The lowest BCUT2D eigenvalue weighted by Crippen LogP contribution is -2.04. The first-order valence-corrected chi connectivity index (χ1v) is 6.79. The van der Waals surface area contributed by atoms with Crippen LogP contribution in [0.1, 0.15) is 10.5 Å². The Kier molecular flexibility index (Phi) is 3.85. The number of nitrogens with zero attached hydrogens (tertiary/aromatic N) is 3. The monoisotopic (exact) mass is 304 g/mol. The van der Waals surface area contributed by atoms with Crippen LogP contribution in [0.15, 0.2) is 48.8 Å². The predicted octanol–water partition coefficient (Wildman–Crippen LogP) is 3.71. The van der Waals surface area contributed by atoms with E-state index in [9.17, 15) is 4.79 Å². The van der Waals surface area contributed by atoms with Crippen molar-refractivity contribution in [1.82, 2.24) is 9.97 Å². The number of hydrogen-bond donors (Lipinski definition) is 1. The number of rotatable bonds is 3. The van der Waals surface area contributed by atoms with Crippen LogP contribution in [0.4, 0.5) is 17.2 Å². The quantitative estimate of drug-likeness (QED) is 0.590.